The van der Waals surface area contributed by atoms with E-state index >= 15 is 0 Å². The van der Waals surface area contributed by atoms with Crippen LogP contribution < -0.4 is 14.5 Å². The molecule has 36 heavy (non-hydrogen) atoms. The van der Waals surface area contributed by atoms with Crippen molar-refractivity contribution in [3.8, 4) is 27.7 Å². The van der Waals surface area contributed by atoms with Crippen LogP contribution in [-0.2, 0) is 9.59 Å². The summed E-state index contributed by atoms with van der Waals surface area (Å²) < 4.78 is 5.86. The molecule has 1 aliphatic rings. The van der Waals surface area contributed by atoms with Crippen LogP contribution in [0, 0.1) is 6.92 Å². The minimum Gasteiger partial charge on any atom is -0.479 e. The Kier molecular flexibility index (Phi) is 6.52. The number of thiazole rings is 1. The van der Waals surface area contributed by atoms with Crippen molar-refractivity contribution >= 4 is 34.5 Å². The Hall–Kier alpha value is -4.04. The fourth-order valence-electron chi connectivity index (χ4n) is 4.26. The third-order valence-corrected chi connectivity index (χ3v) is 6.94. The Bertz CT molecular complexity index is 1420. The van der Waals surface area contributed by atoms with Gasteiger partial charge in [0.05, 0.1) is 17.1 Å². The summed E-state index contributed by atoms with van der Waals surface area (Å²) in [5.41, 5.74) is 4.86. The van der Waals surface area contributed by atoms with Crippen LogP contribution in [0.4, 0.5) is 11.4 Å². The molecule has 1 unspecified atom stereocenters. The van der Waals surface area contributed by atoms with Gasteiger partial charge in [-0.25, -0.2) is 4.98 Å². The number of nitrogens with zero attached hydrogens (tertiary/aromatic N) is 4. The van der Waals surface area contributed by atoms with Gasteiger partial charge in [-0.1, -0.05) is 18.2 Å². The van der Waals surface area contributed by atoms with Gasteiger partial charge < -0.3 is 9.64 Å². The number of pyridine rings is 1. The lowest BCUT2D eigenvalue weighted by Gasteiger charge is -2.34. The van der Waals surface area contributed by atoms with Crippen LogP contribution in [0.3, 0.4) is 0 Å². The van der Waals surface area contributed by atoms with Crippen LogP contribution in [0.5, 0.6) is 5.75 Å². The van der Waals surface area contributed by atoms with Crippen LogP contribution in [-0.4, -0.2) is 41.0 Å². The maximum Gasteiger partial charge on any atom is 0.268 e. The number of hydrogen-bond donors (Lipinski definition) is 0. The molecule has 7 nitrogen and oxygen atoms in total. The van der Waals surface area contributed by atoms with Gasteiger partial charge in [0.15, 0.2) is 6.10 Å². The van der Waals surface area contributed by atoms with E-state index in [1.165, 1.54) is 16.2 Å². The SMILES string of the molecule is CCN(C(=O)CN1C(=O)C(C)Oc2ccc(-c3csc(-c4ccccn4)n3)cc21)c1cccc(C)c1. The van der Waals surface area contributed by atoms with Gasteiger partial charge >= 0.3 is 0 Å². The van der Waals surface area contributed by atoms with Gasteiger partial charge in [-0.05, 0) is 68.8 Å². The van der Waals surface area contributed by atoms with Gasteiger partial charge in [0.2, 0.25) is 5.91 Å². The number of carbonyl (C=O) groups excluding carboxylic acids is 2. The Labute approximate surface area is 214 Å². The van der Waals surface area contributed by atoms with Crippen LogP contribution >= 0.6 is 11.3 Å². The van der Waals surface area contributed by atoms with Crippen molar-refractivity contribution < 1.29 is 14.3 Å². The summed E-state index contributed by atoms with van der Waals surface area (Å²) in [7, 11) is 0. The Morgan fingerprint density at radius 2 is 1.97 bits per heavy atom. The molecule has 0 N–H and O–H groups in total. The average molecular weight is 499 g/mol. The van der Waals surface area contributed by atoms with E-state index in [4.69, 9.17) is 9.72 Å². The Morgan fingerprint density at radius 3 is 2.72 bits per heavy atom. The lowest BCUT2D eigenvalue weighted by atomic mass is 10.1. The highest BCUT2D eigenvalue weighted by Gasteiger charge is 2.34. The second-order valence-electron chi connectivity index (χ2n) is 8.60. The number of likely N-dealkylation sites (N-methyl/N-ethyl adjacent to an activating group) is 1. The molecule has 0 fully saturated rings. The third-order valence-electron chi connectivity index (χ3n) is 6.08. The van der Waals surface area contributed by atoms with E-state index in [-0.39, 0.29) is 18.4 Å². The normalized spacial score (nSPS) is 14.8. The van der Waals surface area contributed by atoms with Gasteiger partial charge in [0, 0.05) is 29.4 Å². The van der Waals surface area contributed by atoms with Crippen molar-refractivity contribution in [3.05, 3.63) is 77.8 Å². The lowest BCUT2D eigenvalue weighted by Crippen LogP contribution is -2.49. The summed E-state index contributed by atoms with van der Waals surface area (Å²) in [5.74, 6) is 0.159. The maximum atomic E-state index is 13.4. The van der Waals surface area contributed by atoms with E-state index in [9.17, 15) is 9.59 Å². The van der Waals surface area contributed by atoms with E-state index in [2.05, 4.69) is 4.98 Å². The van der Waals surface area contributed by atoms with E-state index in [1.807, 2.05) is 79.9 Å². The molecule has 8 heteroatoms. The molecule has 5 rings (SSSR count). The first kappa shape index (κ1) is 23.7. The molecule has 1 aliphatic heterocycles. The van der Waals surface area contributed by atoms with Gasteiger partial charge in [-0.2, -0.15) is 0 Å². The van der Waals surface area contributed by atoms with Crippen LogP contribution in [0.1, 0.15) is 19.4 Å². The first-order valence-corrected chi connectivity index (χ1v) is 12.7. The summed E-state index contributed by atoms with van der Waals surface area (Å²) in [6.07, 6.45) is 1.06. The molecule has 0 saturated heterocycles. The largest absolute Gasteiger partial charge is 0.479 e. The highest BCUT2D eigenvalue weighted by atomic mass is 32.1. The quantitative estimate of drug-likeness (QED) is 0.358. The first-order chi connectivity index (χ1) is 17.4. The van der Waals surface area contributed by atoms with Gasteiger partial charge in [0.25, 0.3) is 5.91 Å². The smallest absolute Gasteiger partial charge is 0.268 e. The standard InChI is InChI=1S/C28H26N4O3S/c1-4-31(21-9-7-8-18(2)14-21)26(33)16-32-24-15-20(11-12-25(24)35-19(3)28(32)34)23-17-36-27(30-23)22-10-5-6-13-29-22/h5-15,17,19H,4,16H2,1-3H3. The molecule has 3 heterocycles. The lowest BCUT2D eigenvalue weighted by molar-refractivity contribution is -0.127. The number of aromatic nitrogens is 2. The summed E-state index contributed by atoms with van der Waals surface area (Å²) >= 11 is 1.51. The van der Waals surface area contributed by atoms with Crippen molar-refractivity contribution in [1.82, 2.24) is 9.97 Å². The number of fused-ring (bicyclic) bond motifs is 1. The highest BCUT2D eigenvalue weighted by molar-refractivity contribution is 7.13. The summed E-state index contributed by atoms with van der Waals surface area (Å²) in [6, 6.07) is 19.1. The zero-order chi connectivity index (χ0) is 25.2. The minimum atomic E-state index is -0.680. The average Bonchev–Trinajstić information content (AvgIpc) is 3.38. The number of amides is 2. The molecule has 0 radical (unpaired) electrons. The number of ether oxygens (including phenoxy) is 1. The predicted octanol–water partition coefficient (Wildman–Crippen LogP) is 5.35. The van der Waals surface area contributed by atoms with E-state index in [0.29, 0.717) is 18.0 Å². The topological polar surface area (TPSA) is 75.6 Å². The molecule has 0 aliphatic carbocycles. The Morgan fingerprint density at radius 1 is 1.11 bits per heavy atom. The summed E-state index contributed by atoms with van der Waals surface area (Å²) in [4.78, 5) is 38.9. The number of anilines is 2. The molecular formula is C28H26N4O3S. The van der Waals surface area contributed by atoms with Crippen molar-refractivity contribution in [1.29, 1.82) is 0 Å². The number of carbonyl (C=O) groups is 2. The second-order valence-corrected chi connectivity index (χ2v) is 9.45. The summed E-state index contributed by atoms with van der Waals surface area (Å²) in [6.45, 7) is 6.04. The zero-order valence-electron chi connectivity index (χ0n) is 20.3. The highest BCUT2D eigenvalue weighted by Crippen LogP contribution is 2.38. The van der Waals surface area contributed by atoms with E-state index < -0.39 is 6.10 Å². The monoisotopic (exact) mass is 498 g/mol. The van der Waals surface area contributed by atoms with Gasteiger partial charge in [0.1, 0.15) is 17.3 Å². The molecule has 182 valence electrons. The molecule has 2 aromatic carbocycles. The van der Waals surface area contributed by atoms with Crippen molar-refractivity contribution in [2.24, 2.45) is 0 Å². The minimum absolute atomic E-state index is 0.0823. The van der Waals surface area contributed by atoms with Crippen LogP contribution in [0.15, 0.2) is 72.2 Å². The number of benzene rings is 2. The molecule has 2 amide bonds. The van der Waals surface area contributed by atoms with E-state index in [0.717, 1.165) is 33.2 Å². The zero-order valence-corrected chi connectivity index (χ0v) is 21.2. The molecule has 4 aromatic rings. The first-order valence-electron chi connectivity index (χ1n) is 11.8. The van der Waals surface area contributed by atoms with E-state index in [1.54, 1.807) is 18.0 Å². The molecular weight excluding hydrogens is 472 g/mol. The van der Waals surface area contributed by atoms with Gasteiger partial charge in [-0.15, -0.1) is 11.3 Å². The second kappa shape index (κ2) is 9.91. The fraction of sp³-hybridized carbons (Fsp3) is 0.214. The van der Waals surface area contributed by atoms with Crippen molar-refractivity contribution in [3.63, 3.8) is 0 Å². The molecule has 0 bridgehead atoms. The molecule has 1 atom stereocenters. The van der Waals surface area contributed by atoms with Crippen LogP contribution in [0.2, 0.25) is 0 Å². The summed E-state index contributed by atoms with van der Waals surface area (Å²) in [5, 5.41) is 2.78. The Balaban J connectivity index is 1.46. The van der Waals surface area contributed by atoms with Crippen LogP contribution in [0.25, 0.3) is 22.0 Å². The van der Waals surface area contributed by atoms with Crippen molar-refractivity contribution in [2.75, 3.05) is 22.9 Å². The van der Waals surface area contributed by atoms with Crippen molar-refractivity contribution in [2.45, 2.75) is 26.9 Å². The fourth-order valence-corrected chi connectivity index (χ4v) is 5.07. The third kappa shape index (κ3) is 4.59. The molecule has 0 saturated carbocycles. The molecule has 0 spiro atoms. The molecule has 2 aromatic heterocycles. The number of rotatable bonds is 6. The predicted molar refractivity (Wildman–Crippen MR) is 142 cm³/mol. The number of aryl methyl sites for hydroxylation is 1. The number of hydrogen-bond acceptors (Lipinski definition) is 6. The van der Waals surface area contributed by atoms with Gasteiger partial charge in [-0.3, -0.25) is 19.5 Å². The maximum absolute atomic E-state index is 13.4.